The van der Waals surface area contributed by atoms with E-state index in [1.165, 1.54) is 5.56 Å². The summed E-state index contributed by atoms with van der Waals surface area (Å²) in [4.78, 5) is 0. The van der Waals surface area contributed by atoms with Gasteiger partial charge in [0.25, 0.3) is 0 Å². The van der Waals surface area contributed by atoms with E-state index in [4.69, 9.17) is 4.74 Å². The van der Waals surface area contributed by atoms with E-state index < -0.39 is 0 Å². The minimum absolute atomic E-state index is 0.162. The Labute approximate surface area is 117 Å². The molecule has 0 fully saturated rings. The average Bonchev–Trinajstić information content (AvgIpc) is 2.66. The van der Waals surface area contributed by atoms with E-state index in [9.17, 15) is 0 Å². The van der Waals surface area contributed by atoms with Gasteiger partial charge >= 0.3 is 0 Å². The van der Waals surface area contributed by atoms with Crippen LogP contribution < -0.4 is 10.1 Å². The second kappa shape index (κ2) is 5.16. The Kier molecular flexibility index (Phi) is 3.91. The van der Waals surface area contributed by atoms with E-state index in [0.29, 0.717) is 11.3 Å². The lowest BCUT2D eigenvalue weighted by molar-refractivity contribution is 0.233. The predicted octanol–water partition coefficient (Wildman–Crippen LogP) is 3.97. The van der Waals surface area contributed by atoms with Crippen molar-refractivity contribution in [2.45, 2.75) is 52.5 Å². The van der Waals surface area contributed by atoms with Crippen LogP contribution in [0.25, 0.3) is 0 Å². The average molecular weight is 261 g/mol. The van der Waals surface area contributed by atoms with Gasteiger partial charge in [-0.25, -0.2) is 0 Å². The number of benzene rings is 1. The molecule has 106 valence electrons. The van der Waals surface area contributed by atoms with Crippen LogP contribution in [0.1, 0.15) is 52.5 Å². The zero-order chi connectivity index (χ0) is 14.1. The SMILES string of the molecule is CC(C)(C)CC(C)(C)NCC1COc2ccccc21. The molecule has 0 amide bonds. The van der Waals surface area contributed by atoms with Crippen LogP contribution >= 0.6 is 0 Å². The fourth-order valence-electron chi connectivity index (χ4n) is 3.19. The maximum absolute atomic E-state index is 5.74. The van der Waals surface area contributed by atoms with Crippen LogP contribution in [0, 0.1) is 5.41 Å². The summed E-state index contributed by atoms with van der Waals surface area (Å²) in [7, 11) is 0. The minimum atomic E-state index is 0.162. The van der Waals surface area contributed by atoms with Crippen molar-refractivity contribution in [3.8, 4) is 5.75 Å². The first kappa shape index (κ1) is 14.4. The summed E-state index contributed by atoms with van der Waals surface area (Å²) in [6, 6.07) is 8.39. The van der Waals surface area contributed by atoms with Gasteiger partial charge in [0, 0.05) is 23.6 Å². The van der Waals surface area contributed by atoms with Gasteiger partial charge in [0.15, 0.2) is 0 Å². The fraction of sp³-hybridized carbons (Fsp3) is 0.647. The van der Waals surface area contributed by atoms with Crippen LogP contribution in [0.5, 0.6) is 5.75 Å². The zero-order valence-electron chi connectivity index (χ0n) is 12.9. The summed E-state index contributed by atoms with van der Waals surface area (Å²) >= 11 is 0. The van der Waals surface area contributed by atoms with Crippen LogP contribution in [-0.4, -0.2) is 18.7 Å². The lowest BCUT2D eigenvalue weighted by atomic mass is 9.81. The van der Waals surface area contributed by atoms with Crippen LogP contribution in [0.4, 0.5) is 0 Å². The number of para-hydroxylation sites is 1. The lowest BCUT2D eigenvalue weighted by Gasteiger charge is -2.34. The van der Waals surface area contributed by atoms with Crippen LogP contribution in [0.3, 0.4) is 0 Å². The number of hydrogen-bond acceptors (Lipinski definition) is 2. The molecular formula is C17H27NO. The molecule has 1 heterocycles. The predicted molar refractivity (Wildman–Crippen MR) is 80.8 cm³/mol. The van der Waals surface area contributed by atoms with E-state index >= 15 is 0 Å². The van der Waals surface area contributed by atoms with Crippen LogP contribution in [0.15, 0.2) is 24.3 Å². The fourth-order valence-corrected chi connectivity index (χ4v) is 3.19. The number of rotatable bonds is 4. The van der Waals surface area contributed by atoms with Crippen molar-refractivity contribution >= 4 is 0 Å². The molecule has 0 saturated carbocycles. The molecule has 0 aromatic heterocycles. The molecule has 2 nitrogen and oxygen atoms in total. The number of ether oxygens (including phenoxy) is 1. The van der Waals surface area contributed by atoms with Crippen molar-refractivity contribution < 1.29 is 4.74 Å². The number of fused-ring (bicyclic) bond motifs is 1. The van der Waals surface area contributed by atoms with Crippen LogP contribution in [0.2, 0.25) is 0 Å². The quantitative estimate of drug-likeness (QED) is 0.885. The molecule has 1 unspecified atom stereocenters. The van der Waals surface area contributed by atoms with Crippen molar-refractivity contribution in [3.05, 3.63) is 29.8 Å². The first-order valence-corrected chi connectivity index (χ1v) is 7.24. The third kappa shape index (κ3) is 3.97. The Morgan fingerprint density at radius 3 is 2.53 bits per heavy atom. The van der Waals surface area contributed by atoms with Gasteiger partial charge in [0.1, 0.15) is 5.75 Å². The first-order chi connectivity index (χ1) is 8.77. The van der Waals surface area contributed by atoms with Gasteiger partial charge in [0.2, 0.25) is 0 Å². The molecule has 0 saturated heterocycles. The Morgan fingerprint density at radius 2 is 1.84 bits per heavy atom. The molecule has 1 aromatic carbocycles. The summed E-state index contributed by atoms with van der Waals surface area (Å²) in [6.07, 6.45) is 1.16. The highest BCUT2D eigenvalue weighted by Crippen LogP contribution is 2.34. The minimum Gasteiger partial charge on any atom is -0.493 e. The van der Waals surface area contributed by atoms with Crippen LogP contribution in [-0.2, 0) is 0 Å². The summed E-state index contributed by atoms with van der Waals surface area (Å²) in [6.45, 7) is 13.3. The van der Waals surface area contributed by atoms with Crippen molar-refractivity contribution in [3.63, 3.8) is 0 Å². The maximum atomic E-state index is 5.74. The summed E-state index contributed by atoms with van der Waals surface area (Å²) in [5.41, 5.74) is 1.86. The van der Waals surface area contributed by atoms with Crippen molar-refractivity contribution in [1.82, 2.24) is 5.32 Å². The monoisotopic (exact) mass is 261 g/mol. The van der Waals surface area contributed by atoms with Crippen molar-refractivity contribution in [2.75, 3.05) is 13.2 Å². The van der Waals surface area contributed by atoms with Gasteiger partial charge in [0.05, 0.1) is 6.61 Å². The second-order valence-corrected chi connectivity index (χ2v) is 7.55. The number of hydrogen-bond donors (Lipinski definition) is 1. The van der Waals surface area contributed by atoms with Crippen molar-refractivity contribution in [1.29, 1.82) is 0 Å². The molecule has 1 aliphatic rings. The smallest absolute Gasteiger partial charge is 0.122 e. The Balaban J connectivity index is 1.93. The first-order valence-electron chi connectivity index (χ1n) is 7.24. The highest BCUT2D eigenvalue weighted by atomic mass is 16.5. The Bertz CT molecular complexity index is 431. The second-order valence-electron chi connectivity index (χ2n) is 7.55. The normalized spacial score (nSPS) is 19.1. The molecular weight excluding hydrogens is 234 g/mol. The Hall–Kier alpha value is -1.02. The van der Waals surface area contributed by atoms with Gasteiger partial charge in [-0.05, 0) is 31.7 Å². The van der Waals surface area contributed by atoms with E-state index in [-0.39, 0.29) is 5.54 Å². The molecule has 0 radical (unpaired) electrons. The molecule has 1 atom stereocenters. The molecule has 1 aliphatic heterocycles. The van der Waals surface area contributed by atoms with Crippen molar-refractivity contribution in [2.24, 2.45) is 5.41 Å². The van der Waals surface area contributed by atoms with E-state index in [0.717, 1.165) is 25.3 Å². The molecule has 2 rings (SSSR count). The topological polar surface area (TPSA) is 21.3 Å². The van der Waals surface area contributed by atoms with E-state index in [1.54, 1.807) is 0 Å². The number of nitrogens with one attached hydrogen (secondary N) is 1. The molecule has 2 heteroatoms. The molecule has 1 aromatic rings. The van der Waals surface area contributed by atoms with Gasteiger partial charge < -0.3 is 10.1 Å². The highest BCUT2D eigenvalue weighted by Gasteiger charge is 2.28. The van der Waals surface area contributed by atoms with Gasteiger partial charge in [-0.2, -0.15) is 0 Å². The van der Waals surface area contributed by atoms with Gasteiger partial charge in [-0.3, -0.25) is 0 Å². The zero-order valence-corrected chi connectivity index (χ0v) is 12.9. The Morgan fingerprint density at radius 1 is 1.16 bits per heavy atom. The summed E-state index contributed by atoms with van der Waals surface area (Å²) in [5.74, 6) is 1.54. The van der Waals surface area contributed by atoms with E-state index in [1.807, 2.05) is 6.07 Å². The standard InChI is InChI=1S/C17H27NO/c1-16(2,3)12-17(4,5)18-10-13-11-19-15-9-7-6-8-14(13)15/h6-9,13,18H,10-12H2,1-5H3. The maximum Gasteiger partial charge on any atom is 0.122 e. The largest absolute Gasteiger partial charge is 0.493 e. The third-order valence-corrected chi connectivity index (χ3v) is 3.60. The molecule has 0 bridgehead atoms. The molecule has 0 spiro atoms. The summed E-state index contributed by atoms with van der Waals surface area (Å²) < 4.78 is 5.74. The molecule has 19 heavy (non-hydrogen) atoms. The molecule has 1 N–H and O–H groups in total. The molecule has 0 aliphatic carbocycles. The highest BCUT2D eigenvalue weighted by molar-refractivity contribution is 5.39. The summed E-state index contributed by atoms with van der Waals surface area (Å²) in [5, 5.41) is 3.72. The van der Waals surface area contributed by atoms with E-state index in [2.05, 4.69) is 58.1 Å². The third-order valence-electron chi connectivity index (χ3n) is 3.60. The van der Waals surface area contributed by atoms with Gasteiger partial charge in [-0.15, -0.1) is 0 Å². The lowest BCUT2D eigenvalue weighted by Crippen LogP contribution is -2.44. The van der Waals surface area contributed by atoms with Gasteiger partial charge in [-0.1, -0.05) is 39.0 Å².